The summed E-state index contributed by atoms with van der Waals surface area (Å²) in [6.45, 7) is 0.0449. The van der Waals surface area contributed by atoms with E-state index in [2.05, 4.69) is 5.32 Å². The van der Waals surface area contributed by atoms with Gasteiger partial charge in [0.05, 0.1) is 0 Å². The van der Waals surface area contributed by atoms with Crippen LogP contribution in [0.4, 0.5) is 0 Å². The van der Waals surface area contributed by atoms with Crippen LogP contribution in [-0.4, -0.2) is 24.3 Å². The number of nitrogens with one attached hydrogen (secondary N) is 1. The van der Waals surface area contributed by atoms with Crippen LogP contribution in [-0.2, 0) is 11.2 Å². The molecule has 0 unspecified atom stereocenters. The number of ether oxygens (including phenoxy) is 1. The molecule has 0 aromatic heterocycles. The van der Waals surface area contributed by atoms with Gasteiger partial charge in [-0.1, -0.05) is 12.8 Å². The second-order valence-corrected chi connectivity index (χ2v) is 5.58. The molecular formula is C16H19NO3. The first-order chi connectivity index (χ1) is 9.72. The fourth-order valence-electron chi connectivity index (χ4n) is 3.01. The first-order valence-electron chi connectivity index (χ1n) is 7.30. The van der Waals surface area contributed by atoms with Gasteiger partial charge in [-0.2, -0.15) is 0 Å². The maximum absolute atomic E-state index is 11.8. The van der Waals surface area contributed by atoms with Crippen LogP contribution < -0.4 is 10.1 Å². The predicted octanol–water partition coefficient (Wildman–Crippen LogP) is 2.25. The fourth-order valence-corrected chi connectivity index (χ4v) is 3.01. The van der Waals surface area contributed by atoms with Gasteiger partial charge in [0.2, 0.25) is 0 Å². The van der Waals surface area contributed by atoms with Gasteiger partial charge in [0.25, 0.3) is 5.91 Å². The molecule has 106 valence electrons. The number of fused-ring (bicyclic) bond motifs is 1. The first kappa shape index (κ1) is 13.2. The van der Waals surface area contributed by atoms with Crippen molar-refractivity contribution in [2.45, 2.75) is 44.6 Å². The number of benzene rings is 1. The van der Waals surface area contributed by atoms with Crippen molar-refractivity contribution in [1.82, 2.24) is 5.32 Å². The third kappa shape index (κ3) is 2.84. The summed E-state index contributed by atoms with van der Waals surface area (Å²) in [6, 6.07) is 5.77. The SMILES string of the molecule is O=C(COc1ccc2c(c1)CCC2=O)NC1CCCC1. The standard InChI is InChI=1S/C16H19NO3/c18-15-8-5-11-9-13(6-7-14(11)15)20-10-16(19)17-12-3-1-2-4-12/h6-7,9,12H,1-5,8,10H2,(H,17,19). The van der Waals surface area contributed by atoms with Crippen LogP contribution in [0.25, 0.3) is 0 Å². The number of amides is 1. The van der Waals surface area contributed by atoms with E-state index in [-0.39, 0.29) is 18.3 Å². The van der Waals surface area contributed by atoms with Crippen LogP contribution in [0.3, 0.4) is 0 Å². The zero-order chi connectivity index (χ0) is 13.9. The van der Waals surface area contributed by atoms with Crippen molar-refractivity contribution >= 4 is 11.7 Å². The molecule has 0 saturated heterocycles. The lowest BCUT2D eigenvalue weighted by atomic mass is 10.1. The lowest BCUT2D eigenvalue weighted by molar-refractivity contribution is -0.123. The van der Waals surface area contributed by atoms with Gasteiger partial charge in [0.15, 0.2) is 12.4 Å². The molecule has 1 amide bonds. The number of hydrogen-bond donors (Lipinski definition) is 1. The second-order valence-electron chi connectivity index (χ2n) is 5.58. The molecule has 2 aliphatic carbocycles. The van der Waals surface area contributed by atoms with E-state index < -0.39 is 0 Å². The van der Waals surface area contributed by atoms with Crippen molar-refractivity contribution in [3.05, 3.63) is 29.3 Å². The normalized spacial score (nSPS) is 18.1. The molecule has 20 heavy (non-hydrogen) atoms. The lowest BCUT2D eigenvalue weighted by Gasteiger charge is -2.12. The summed E-state index contributed by atoms with van der Waals surface area (Å²) in [5.41, 5.74) is 1.83. The Morgan fingerprint density at radius 2 is 2.05 bits per heavy atom. The zero-order valence-corrected chi connectivity index (χ0v) is 11.5. The van der Waals surface area contributed by atoms with Gasteiger partial charge in [-0.3, -0.25) is 9.59 Å². The highest BCUT2D eigenvalue weighted by Gasteiger charge is 2.20. The van der Waals surface area contributed by atoms with Crippen LogP contribution >= 0.6 is 0 Å². The number of Topliss-reactive ketones (excluding diaryl/α,β-unsaturated/α-hetero) is 1. The van der Waals surface area contributed by atoms with E-state index in [4.69, 9.17) is 4.74 Å². The summed E-state index contributed by atoms with van der Waals surface area (Å²) in [5.74, 6) is 0.805. The first-order valence-corrected chi connectivity index (χ1v) is 7.30. The topological polar surface area (TPSA) is 55.4 Å². The highest BCUT2D eigenvalue weighted by atomic mass is 16.5. The molecule has 1 saturated carbocycles. The van der Waals surface area contributed by atoms with Crippen LogP contribution in [0.1, 0.15) is 48.0 Å². The van der Waals surface area contributed by atoms with Gasteiger partial charge in [-0.25, -0.2) is 0 Å². The van der Waals surface area contributed by atoms with E-state index in [1.165, 1.54) is 12.8 Å². The molecule has 0 heterocycles. The van der Waals surface area contributed by atoms with Gasteiger partial charge in [-0.05, 0) is 43.0 Å². The van der Waals surface area contributed by atoms with E-state index in [0.29, 0.717) is 18.2 Å². The minimum Gasteiger partial charge on any atom is -0.484 e. The Labute approximate surface area is 118 Å². The molecule has 1 fully saturated rings. The average Bonchev–Trinajstić information content (AvgIpc) is 3.07. The quantitative estimate of drug-likeness (QED) is 0.915. The minimum absolute atomic E-state index is 0.0449. The number of rotatable bonds is 4. The Kier molecular flexibility index (Phi) is 3.72. The van der Waals surface area contributed by atoms with E-state index in [1.807, 2.05) is 6.07 Å². The van der Waals surface area contributed by atoms with Gasteiger partial charge >= 0.3 is 0 Å². The molecule has 1 aromatic rings. The predicted molar refractivity (Wildman–Crippen MR) is 75.0 cm³/mol. The second kappa shape index (κ2) is 5.65. The van der Waals surface area contributed by atoms with Crippen molar-refractivity contribution < 1.29 is 14.3 Å². The Morgan fingerprint density at radius 3 is 2.85 bits per heavy atom. The van der Waals surface area contributed by atoms with Crippen molar-refractivity contribution in [1.29, 1.82) is 0 Å². The average molecular weight is 273 g/mol. The highest BCUT2D eigenvalue weighted by molar-refractivity contribution is 6.00. The Hall–Kier alpha value is -1.84. The molecule has 3 rings (SSSR count). The maximum Gasteiger partial charge on any atom is 0.258 e. The molecule has 0 radical (unpaired) electrons. The molecule has 0 spiro atoms. The summed E-state index contributed by atoms with van der Waals surface area (Å²) in [7, 11) is 0. The van der Waals surface area contributed by atoms with Crippen LogP contribution in [0.2, 0.25) is 0 Å². The molecule has 1 aromatic carbocycles. The monoisotopic (exact) mass is 273 g/mol. The largest absolute Gasteiger partial charge is 0.484 e. The van der Waals surface area contributed by atoms with Crippen molar-refractivity contribution in [2.75, 3.05) is 6.61 Å². The molecular weight excluding hydrogens is 254 g/mol. The molecule has 4 nitrogen and oxygen atoms in total. The summed E-state index contributed by atoms with van der Waals surface area (Å²) in [4.78, 5) is 23.3. The Bertz CT molecular complexity index is 533. The fraction of sp³-hybridized carbons (Fsp3) is 0.500. The summed E-state index contributed by atoms with van der Waals surface area (Å²) in [6.07, 6.45) is 5.91. The number of ketones is 1. The summed E-state index contributed by atoms with van der Waals surface area (Å²) < 4.78 is 5.52. The van der Waals surface area contributed by atoms with Crippen molar-refractivity contribution in [3.8, 4) is 5.75 Å². The van der Waals surface area contributed by atoms with Crippen molar-refractivity contribution in [2.24, 2.45) is 0 Å². The smallest absolute Gasteiger partial charge is 0.258 e. The molecule has 4 heteroatoms. The summed E-state index contributed by atoms with van der Waals surface area (Å²) in [5, 5.41) is 2.99. The maximum atomic E-state index is 11.8. The Morgan fingerprint density at radius 1 is 1.25 bits per heavy atom. The zero-order valence-electron chi connectivity index (χ0n) is 11.5. The highest BCUT2D eigenvalue weighted by Crippen LogP contribution is 2.26. The third-order valence-electron chi connectivity index (χ3n) is 4.09. The van der Waals surface area contributed by atoms with Gasteiger partial charge in [0.1, 0.15) is 5.75 Å². The van der Waals surface area contributed by atoms with Crippen LogP contribution in [0.15, 0.2) is 18.2 Å². The lowest BCUT2D eigenvalue weighted by Crippen LogP contribution is -2.36. The number of carbonyl (C=O) groups excluding carboxylic acids is 2. The van der Waals surface area contributed by atoms with E-state index in [0.717, 1.165) is 30.4 Å². The number of carbonyl (C=O) groups is 2. The number of hydrogen-bond acceptors (Lipinski definition) is 3. The molecule has 2 aliphatic rings. The van der Waals surface area contributed by atoms with Crippen LogP contribution in [0.5, 0.6) is 5.75 Å². The third-order valence-corrected chi connectivity index (χ3v) is 4.09. The van der Waals surface area contributed by atoms with Gasteiger partial charge in [-0.15, -0.1) is 0 Å². The molecule has 0 bridgehead atoms. The van der Waals surface area contributed by atoms with Gasteiger partial charge < -0.3 is 10.1 Å². The van der Waals surface area contributed by atoms with Crippen molar-refractivity contribution in [3.63, 3.8) is 0 Å². The molecule has 0 atom stereocenters. The molecule has 0 aliphatic heterocycles. The Balaban J connectivity index is 1.53. The minimum atomic E-state index is -0.0616. The van der Waals surface area contributed by atoms with Gasteiger partial charge in [0, 0.05) is 18.0 Å². The van der Waals surface area contributed by atoms with E-state index in [1.54, 1.807) is 12.1 Å². The molecule has 1 N–H and O–H groups in total. The van der Waals surface area contributed by atoms with E-state index >= 15 is 0 Å². The summed E-state index contributed by atoms with van der Waals surface area (Å²) >= 11 is 0. The van der Waals surface area contributed by atoms with E-state index in [9.17, 15) is 9.59 Å². The number of aryl methyl sites for hydroxylation is 1. The van der Waals surface area contributed by atoms with Crippen LogP contribution in [0, 0.1) is 0 Å².